The maximum atomic E-state index is 13.6. The Kier molecular flexibility index (Phi) is 12.1. The van der Waals surface area contributed by atoms with Crippen LogP contribution in [0.4, 0.5) is 20.2 Å². The lowest BCUT2D eigenvalue weighted by Crippen LogP contribution is -2.29. The van der Waals surface area contributed by atoms with Gasteiger partial charge in [0.2, 0.25) is 11.7 Å². The molecular formula is C27H35F2N7O5. The molecule has 3 aromatic rings. The minimum atomic E-state index is -2.94. The first-order valence-corrected chi connectivity index (χ1v) is 13.0. The first-order valence-electron chi connectivity index (χ1n) is 13.0. The molecule has 12 nitrogen and oxygen atoms in total. The molecule has 0 aliphatic heterocycles. The van der Waals surface area contributed by atoms with Crippen LogP contribution in [0.3, 0.4) is 0 Å². The molecule has 0 aliphatic rings. The number of benzene rings is 2. The zero-order valence-corrected chi connectivity index (χ0v) is 23.3. The number of anilines is 2. The molecule has 0 spiro atoms. The van der Waals surface area contributed by atoms with Crippen molar-refractivity contribution in [3.05, 3.63) is 53.6 Å². The highest BCUT2D eigenvalue weighted by atomic mass is 19.3. The molecule has 0 unspecified atom stereocenters. The van der Waals surface area contributed by atoms with Gasteiger partial charge < -0.3 is 30.2 Å². The van der Waals surface area contributed by atoms with Crippen LogP contribution in [-0.2, 0) is 32.0 Å². The number of rotatable bonds is 17. The van der Waals surface area contributed by atoms with E-state index in [1.54, 1.807) is 37.4 Å². The summed E-state index contributed by atoms with van der Waals surface area (Å²) in [4.78, 5) is 25.5. The summed E-state index contributed by atoms with van der Waals surface area (Å²) in [5.74, 6) is -3.06. The van der Waals surface area contributed by atoms with Gasteiger partial charge in [-0.15, -0.1) is 10.2 Å². The molecule has 3 rings (SSSR count). The Labute approximate surface area is 236 Å². The second kappa shape index (κ2) is 15.7. The lowest BCUT2D eigenvalue weighted by atomic mass is 10.1. The number of methoxy groups -OCH3 is 1. The van der Waals surface area contributed by atoms with Gasteiger partial charge in [0.05, 0.1) is 40.1 Å². The number of halogens is 2. The van der Waals surface area contributed by atoms with Crippen molar-refractivity contribution in [2.75, 3.05) is 58.6 Å². The van der Waals surface area contributed by atoms with E-state index in [2.05, 4.69) is 31.4 Å². The smallest absolute Gasteiger partial charge is 0.270 e. The Balaban J connectivity index is 1.48. The van der Waals surface area contributed by atoms with Gasteiger partial charge in [0.25, 0.3) is 11.8 Å². The quantitative estimate of drug-likeness (QED) is 0.207. The highest BCUT2D eigenvalue weighted by Crippen LogP contribution is 2.31. The Morgan fingerprint density at radius 3 is 2.24 bits per heavy atom. The number of carbonyl (C=O) groups excluding carboxylic acids is 2. The first kappa shape index (κ1) is 31.5. The fourth-order valence-electron chi connectivity index (χ4n) is 3.58. The summed E-state index contributed by atoms with van der Waals surface area (Å²) >= 11 is 0. The van der Waals surface area contributed by atoms with Crippen molar-refractivity contribution in [1.29, 1.82) is 0 Å². The standard InChI is InChI=1S/C27H35F2N7O5/c1-27(28,29)20-5-7-21(8-6-20)32-23-9-4-19(18-22(23)25-33-35-36(2)34-25)26(38)31-12-15-41-17-16-40-14-11-30-24(37)10-13-39-3/h4-9,18,32H,10-17H2,1-3H3,(H,30,37)(H,31,38). The van der Waals surface area contributed by atoms with Crippen molar-refractivity contribution < 1.29 is 32.6 Å². The zero-order chi connectivity index (χ0) is 29.7. The van der Waals surface area contributed by atoms with Gasteiger partial charge >= 0.3 is 0 Å². The third-order valence-electron chi connectivity index (χ3n) is 5.71. The van der Waals surface area contributed by atoms with Crippen LogP contribution in [0, 0.1) is 0 Å². The predicted molar refractivity (Wildman–Crippen MR) is 147 cm³/mol. The summed E-state index contributed by atoms with van der Waals surface area (Å²) in [6, 6.07) is 10.8. The second-order valence-corrected chi connectivity index (χ2v) is 9.03. The van der Waals surface area contributed by atoms with Crippen molar-refractivity contribution in [3.63, 3.8) is 0 Å². The predicted octanol–water partition coefficient (Wildman–Crippen LogP) is 2.65. The summed E-state index contributed by atoms with van der Waals surface area (Å²) < 4.78 is 42.9. The van der Waals surface area contributed by atoms with Crippen LogP contribution in [0.5, 0.6) is 0 Å². The highest BCUT2D eigenvalue weighted by Gasteiger charge is 2.23. The number of hydrogen-bond donors (Lipinski definition) is 3. The van der Waals surface area contributed by atoms with Crippen LogP contribution in [0.15, 0.2) is 42.5 Å². The number of aromatic nitrogens is 4. The number of ether oxygens (including phenoxy) is 3. The molecule has 3 N–H and O–H groups in total. The van der Waals surface area contributed by atoms with Gasteiger partial charge in [0.1, 0.15) is 0 Å². The van der Waals surface area contributed by atoms with Crippen LogP contribution in [0.2, 0.25) is 0 Å². The Bertz CT molecular complexity index is 1270. The average Bonchev–Trinajstić information content (AvgIpc) is 3.38. The monoisotopic (exact) mass is 575 g/mol. The number of hydrogen-bond acceptors (Lipinski definition) is 9. The molecule has 0 saturated heterocycles. The first-order chi connectivity index (χ1) is 19.7. The van der Waals surface area contributed by atoms with Crippen molar-refractivity contribution in [1.82, 2.24) is 30.8 Å². The molecule has 0 atom stereocenters. The SMILES string of the molecule is COCCC(=O)NCCOCCOCCNC(=O)c1ccc(Nc2ccc(C(C)(F)F)cc2)c(-c2nnn(C)n2)c1. The molecule has 2 amide bonds. The molecule has 1 aromatic heterocycles. The van der Waals surface area contributed by atoms with Gasteiger partial charge in [-0.3, -0.25) is 9.59 Å². The fourth-order valence-corrected chi connectivity index (χ4v) is 3.58. The van der Waals surface area contributed by atoms with Crippen molar-refractivity contribution >= 4 is 23.2 Å². The number of nitrogens with one attached hydrogen (secondary N) is 3. The highest BCUT2D eigenvalue weighted by molar-refractivity contribution is 5.97. The molecule has 0 bridgehead atoms. The molecule has 14 heteroatoms. The fraction of sp³-hybridized carbons (Fsp3) is 0.444. The normalized spacial score (nSPS) is 11.3. The van der Waals surface area contributed by atoms with Crippen LogP contribution in [-0.4, -0.2) is 85.3 Å². The molecule has 0 radical (unpaired) electrons. The molecule has 0 fully saturated rings. The number of amides is 2. The summed E-state index contributed by atoms with van der Waals surface area (Å²) in [6.45, 7) is 3.25. The van der Waals surface area contributed by atoms with Gasteiger partial charge in [-0.25, -0.2) is 8.78 Å². The van der Waals surface area contributed by atoms with Gasteiger partial charge in [-0.05, 0) is 35.5 Å². The minimum Gasteiger partial charge on any atom is -0.384 e. The van der Waals surface area contributed by atoms with E-state index in [-0.39, 0.29) is 30.5 Å². The lowest BCUT2D eigenvalue weighted by molar-refractivity contribution is -0.122. The van der Waals surface area contributed by atoms with Crippen LogP contribution in [0.25, 0.3) is 11.4 Å². The second-order valence-electron chi connectivity index (χ2n) is 9.03. The largest absolute Gasteiger partial charge is 0.384 e. The molecule has 41 heavy (non-hydrogen) atoms. The van der Waals surface area contributed by atoms with E-state index in [0.29, 0.717) is 67.7 Å². The third kappa shape index (κ3) is 10.5. The summed E-state index contributed by atoms with van der Waals surface area (Å²) in [5, 5.41) is 20.8. The van der Waals surface area contributed by atoms with Crippen LogP contribution in [0.1, 0.15) is 29.3 Å². The summed E-state index contributed by atoms with van der Waals surface area (Å²) in [5.41, 5.74) is 1.94. The molecule has 0 saturated carbocycles. The maximum absolute atomic E-state index is 13.6. The van der Waals surface area contributed by atoms with Gasteiger partial charge in [0.15, 0.2) is 0 Å². The number of alkyl halides is 2. The maximum Gasteiger partial charge on any atom is 0.270 e. The van der Waals surface area contributed by atoms with E-state index in [1.807, 2.05) is 0 Å². The number of nitrogens with zero attached hydrogens (tertiary/aromatic N) is 4. The van der Waals surface area contributed by atoms with Crippen LogP contribution >= 0.6 is 0 Å². The van der Waals surface area contributed by atoms with Gasteiger partial charge in [-0.1, -0.05) is 12.1 Å². The minimum absolute atomic E-state index is 0.0928. The van der Waals surface area contributed by atoms with Gasteiger partial charge in [0, 0.05) is 61.6 Å². The molecular weight excluding hydrogens is 540 g/mol. The topological polar surface area (TPSA) is 142 Å². The van der Waals surface area contributed by atoms with Crippen LogP contribution < -0.4 is 16.0 Å². The van der Waals surface area contributed by atoms with E-state index in [9.17, 15) is 18.4 Å². The molecule has 1 heterocycles. The van der Waals surface area contributed by atoms with Crippen molar-refractivity contribution in [2.24, 2.45) is 7.05 Å². The molecule has 2 aromatic carbocycles. The summed E-state index contributed by atoms with van der Waals surface area (Å²) in [6.07, 6.45) is 0.310. The lowest BCUT2D eigenvalue weighted by Gasteiger charge is -2.14. The Morgan fingerprint density at radius 1 is 0.951 bits per heavy atom. The van der Waals surface area contributed by atoms with Crippen molar-refractivity contribution in [2.45, 2.75) is 19.3 Å². The third-order valence-corrected chi connectivity index (χ3v) is 5.71. The van der Waals surface area contributed by atoms with Crippen molar-refractivity contribution in [3.8, 4) is 11.4 Å². The van der Waals surface area contributed by atoms with E-state index >= 15 is 0 Å². The number of tetrazole rings is 1. The number of carbonyl (C=O) groups is 2. The summed E-state index contributed by atoms with van der Waals surface area (Å²) in [7, 11) is 3.16. The Morgan fingerprint density at radius 2 is 1.63 bits per heavy atom. The van der Waals surface area contributed by atoms with E-state index in [1.165, 1.54) is 24.0 Å². The molecule has 0 aliphatic carbocycles. The Hall–Kier alpha value is -4.01. The number of aryl methyl sites for hydroxylation is 1. The van der Waals surface area contributed by atoms with E-state index in [0.717, 1.165) is 6.92 Å². The average molecular weight is 576 g/mol. The zero-order valence-electron chi connectivity index (χ0n) is 23.3. The van der Waals surface area contributed by atoms with E-state index < -0.39 is 5.92 Å². The molecule has 222 valence electrons. The van der Waals surface area contributed by atoms with Gasteiger partial charge in [-0.2, -0.15) is 4.80 Å². The van der Waals surface area contributed by atoms with E-state index in [4.69, 9.17) is 14.2 Å².